The maximum Gasteiger partial charge on any atom is 0.271 e. The highest BCUT2D eigenvalue weighted by Gasteiger charge is 2.19. The lowest BCUT2D eigenvalue weighted by Crippen LogP contribution is -2.16. The van der Waals surface area contributed by atoms with Crippen molar-refractivity contribution < 1.29 is 9.53 Å². The molecule has 1 aromatic heterocycles. The molecule has 0 fully saturated rings. The van der Waals surface area contributed by atoms with Crippen LogP contribution in [0.2, 0.25) is 0 Å². The number of primary amides is 1. The van der Waals surface area contributed by atoms with Crippen LogP contribution in [0.25, 0.3) is 0 Å². The SMILES string of the molecule is COCCCn1nnc(C(N)=O)c1C(C)C. The predicted molar refractivity (Wildman–Crippen MR) is 59.1 cm³/mol. The predicted octanol–water partition coefficient (Wildman–Crippen LogP) is 0.537. The van der Waals surface area contributed by atoms with Crippen LogP contribution in [-0.4, -0.2) is 34.6 Å². The Hall–Kier alpha value is -1.43. The Morgan fingerprint density at radius 1 is 1.56 bits per heavy atom. The Morgan fingerprint density at radius 2 is 2.25 bits per heavy atom. The number of aryl methyl sites for hydroxylation is 1. The zero-order chi connectivity index (χ0) is 12.1. The molecule has 0 aliphatic carbocycles. The zero-order valence-corrected chi connectivity index (χ0v) is 9.93. The topological polar surface area (TPSA) is 83.0 Å². The fourth-order valence-corrected chi connectivity index (χ4v) is 1.59. The van der Waals surface area contributed by atoms with E-state index in [-0.39, 0.29) is 11.6 Å². The second kappa shape index (κ2) is 5.60. The van der Waals surface area contributed by atoms with Crippen molar-refractivity contribution in [2.75, 3.05) is 13.7 Å². The first-order chi connectivity index (χ1) is 7.57. The van der Waals surface area contributed by atoms with Crippen molar-refractivity contribution in [3.05, 3.63) is 11.4 Å². The van der Waals surface area contributed by atoms with Crippen molar-refractivity contribution >= 4 is 5.91 Å². The maximum atomic E-state index is 11.2. The average molecular weight is 226 g/mol. The molecule has 16 heavy (non-hydrogen) atoms. The van der Waals surface area contributed by atoms with Crippen molar-refractivity contribution in [1.82, 2.24) is 15.0 Å². The van der Waals surface area contributed by atoms with E-state index in [2.05, 4.69) is 10.3 Å². The molecule has 0 atom stereocenters. The van der Waals surface area contributed by atoms with Gasteiger partial charge in [0.05, 0.1) is 5.69 Å². The smallest absolute Gasteiger partial charge is 0.271 e. The van der Waals surface area contributed by atoms with Crippen molar-refractivity contribution in [1.29, 1.82) is 0 Å². The lowest BCUT2D eigenvalue weighted by atomic mass is 10.1. The van der Waals surface area contributed by atoms with Crippen molar-refractivity contribution in [3.8, 4) is 0 Å². The number of methoxy groups -OCH3 is 1. The first kappa shape index (κ1) is 12.6. The standard InChI is InChI=1S/C10H18N4O2/c1-7(2)9-8(10(11)15)12-13-14(9)5-4-6-16-3/h7H,4-6H2,1-3H3,(H2,11,15). The van der Waals surface area contributed by atoms with E-state index in [0.717, 1.165) is 12.1 Å². The molecular formula is C10H18N4O2. The third-order valence-electron chi connectivity index (χ3n) is 2.27. The molecule has 0 aliphatic rings. The van der Waals surface area contributed by atoms with Gasteiger partial charge in [-0.05, 0) is 12.3 Å². The van der Waals surface area contributed by atoms with Crippen LogP contribution in [0.3, 0.4) is 0 Å². The lowest BCUT2D eigenvalue weighted by Gasteiger charge is -2.09. The number of hydrogen-bond acceptors (Lipinski definition) is 4. The highest BCUT2D eigenvalue weighted by molar-refractivity contribution is 5.91. The molecule has 6 heteroatoms. The summed E-state index contributed by atoms with van der Waals surface area (Å²) >= 11 is 0. The molecule has 0 bridgehead atoms. The van der Waals surface area contributed by atoms with E-state index in [1.165, 1.54) is 0 Å². The lowest BCUT2D eigenvalue weighted by molar-refractivity contribution is 0.0994. The molecule has 2 N–H and O–H groups in total. The molecule has 0 aromatic carbocycles. The van der Waals surface area contributed by atoms with Crippen LogP contribution in [0.1, 0.15) is 42.4 Å². The summed E-state index contributed by atoms with van der Waals surface area (Å²) in [5, 5.41) is 7.75. The van der Waals surface area contributed by atoms with Gasteiger partial charge >= 0.3 is 0 Å². The second-order valence-corrected chi connectivity index (χ2v) is 3.91. The van der Waals surface area contributed by atoms with Crippen LogP contribution in [-0.2, 0) is 11.3 Å². The van der Waals surface area contributed by atoms with Crippen LogP contribution >= 0.6 is 0 Å². The summed E-state index contributed by atoms with van der Waals surface area (Å²) in [6.45, 7) is 5.31. The molecule has 0 aliphatic heterocycles. The summed E-state index contributed by atoms with van der Waals surface area (Å²) in [7, 11) is 1.65. The van der Waals surface area contributed by atoms with E-state index >= 15 is 0 Å². The second-order valence-electron chi connectivity index (χ2n) is 3.91. The number of rotatable bonds is 6. The first-order valence-corrected chi connectivity index (χ1v) is 5.30. The fourth-order valence-electron chi connectivity index (χ4n) is 1.59. The molecule has 90 valence electrons. The number of hydrogen-bond donors (Lipinski definition) is 1. The summed E-state index contributed by atoms with van der Waals surface area (Å²) < 4.78 is 6.69. The van der Waals surface area contributed by atoms with Gasteiger partial charge < -0.3 is 10.5 Å². The monoisotopic (exact) mass is 226 g/mol. The van der Waals surface area contributed by atoms with Crippen molar-refractivity contribution in [2.24, 2.45) is 5.73 Å². The summed E-state index contributed by atoms with van der Waals surface area (Å²) in [6, 6.07) is 0. The van der Waals surface area contributed by atoms with Gasteiger partial charge in [0.2, 0.25) is 0 Å². The van der Waals surface area contributed by atoms with Gasteiger partial charge in [0, 0.05) is 20.3 Å². The summed E-state index contributed by atoms with van der Waals surface area (Å²) in [6.07, 6.45) is 0.831. The number of carbonyl (C=O) groups excluding carboxylic acids is 1. The largest absolute Gasteiger partial charge is 0.385 e. The van der Waals surface area contributed by atoms with E-state index in [1.807, 2.05) is 13.8 Å². The number of ether oxygens (including phenoxy) is 1. The molecular weight excluding hydrogens is 208 g/mol. The molecule has 0 spiro atoms. The Kier molecular flexibility index (Phi) is 4.42. The Labute approximate surface area is 94.8 Å². The van der Waals surface area contributed by atoms with E-state index in [1.54, 1.807) is 11.8 Å². The van der Waals surface area contributed by atoms with E-state index in [9.17, 15) is 4.79 Å². The maximum absolute atomic E-state index is 11.2. The number of nitrogens with zero attached hydrogens (tertiary/aromatic N) is 3. The van der Waals surface area contributed by atoms with Gasteiger partial charge in [0.1, 0.15) is 0 Å². The van der Waals surface area contributed by atoms with E-state index in [4.69, 9.17) is 10.5 Å². The third kappa shape index (κ3) is 2.79. The number of nitrogens with two attached hydrogens (primary N) is 1. The molecule has 0 radical (unpaired) electrons. The summed E-state index contributed by atoms with van der Waals surface area (Å²) in [5.74, 6) is -0.360. The Bertz CT molecular complexity index is 360. The van der Waals surface area contributed by atoms with Gasteiger partial charge in [0.25, 0.3) is 5.91 Å². The van der Waals surface area contributed by atoms with E-state index in [0.29, 0.717) is 13.2 Å². The van der Waals surface area contributed by atoms with Gasteiger partial charge in [-0.1, -0.05) is 19.1 Å². The van der Waals surface area contributed by atoms with Crippen molar-refractivity contribution in [2.45, 2.75) is 32.7 Å². The van der Waals surface area contributed by atoms with Crippen LogP contribution < -0.4 is 5.73 Å². The molecule has 0 unspecified atom stereocenters. The van der Waals surface area contributed by atoms with Crippen LogP contribution in [0.4, 0.5) is 0 Å². The minimum Gasteiger partial charge on any atom is -0.385 e. The molecule has 1 amide bonds. The number of aromatic nitrogens is 3. The normalized spacial score (nSPS) is 11.0. The van der Waals surface area contributed by atoms with Gasteiger partial charge in [-0.25, -0.2) is 4.68 Å². The van der Waals surface area contributed by atoms with Crippen molar-refractivity contribution in [3.63, 3.8) is 0 Å². The molecule has 0 saturated heterocycles. The zero-order valence-electron chi connectivity index (χ0n) is 9.93. The van der Waals surface area contributed by atoms with Gasteiger partial charge in [-0.15, -0.1) is 5.10 Å². The minimum absolute atomic E-state index is 0.167. The van der Waals surface area contributed by atoms with E-state index < -0.39 is 5.91 Å². The Balaban J connectivity index is 2.87. The molecule has 1 aromatic rings. The fraction of sp³-hybridized carbons (Fsp3) is 0.700. The van der Waals surface area contributed by atoms with Crippen LogP contribution in [0.15, 0.2) is 0 Å². The van der Waals surface area contributed by atoms with Crippen LogP contribution in [0, 0.1) is 0 Å². The average Bonchev–Trinajstić information content (AvgIpc) is 2.62. The molecule has 0 saturated carbocycles. The first-order valence-electron chi connectivity index (χ1n) is 5.30. The third-order valence-corrected chi connectivity index (χ3v) is 2.27. The minimum atomic E-state index is -0.526. The van der Waals surface area contributed by atoms with Gasteiger partial charge in [-0.2, -0.15) is 0 Å². The highest BCUT2D eigenvalue weighted by Crippen LogP contribution is 2.17. The number of amides is 1. The molecule has 1 rings (SSSR count). The highest BCUT2D eigenvalue weighted by atomic mass is 16.5. The molecule has 1 heterocycles. The van der Waals surface area contributed by atoms with Gasteiger partial charge in [0.15, 0.2) is 5.69 Å². The Morgan fingerprint density at radius 3 is 2.75 bits per heavy atom. The summed E-state index contributed by atoms with van der Waals surface area (Å²) in [4.78, 5) is 11.2. The quantitative estimate of drug-likeness (QED) is 0.717. The van der Waals surface area contributed by atoms with Gasteiger partial charge in [-0.3, -0.25) is 4.79 Å². The molecule has 6 nitrogen and oxygen atoms in total. The summed E-state index contributed by atoms with van der Waals surface area (Å²) in [5.41, 5.74) is 6.31. The number of carbonyl (C=O) groups is 1. The van der Waals surface area contributed by atoms with Crippen LogP contribution in [0.5, 0.6) is 0 Å².